The number of sulfonamides is 1. The van der Waals surface area contributed by atoms with Crippen molar-refractivity contribution >= 4 is 33.3 Å². The van der Waals surface area contributed by atoms with Crippen LogP contribution < -0.4 is 10.5 Å². The number of nitrogens with two attached hydrogens (primary N) is 1. The van der Waals surface area contributed by atoms with Gasteiger partial charge in [0.15, 0.2) is 0 Å². The molecule has 0 radical (unpaired) electrons. The number of H-pyrrole nitrogens is 1. The lowest BCUT2D eigenvalue weighted by Crippen LogP contribution is -2.37. The van der Waals surface area contributed by atoms with Crippen LogP contribution in [0.15, 0.2) is 23.1 Å². The quantitative estimate of drug-likeness (QED) is 0.430. The summed E-state index contributed by atoms with van der Waals surface area (Å²) in [6.07, 6.45) is 9.53. The van der Waals surface area contributed by atoms with Gasteiger partial charge in [-0.3, -0.25) is 9.69 Å². The van der Waals surface area contributed by atoms with Crippen molar-refractivity contribution in [3.63, 3.8) is 0 Å². The SMILES string of the molecule is NS(=O)(=O)c1ccc2c(c1)/C(=C/c1[nH]c3c(c1CCCN1CCOCC1)CCCCC3)C(=O)N2. The van der Waals surface area contributed by atoms with Gasteiger partial charge in [0.2, 0.25) is 10.0 Å². The molecule has 0 saturated carbocycles. The Morgan fingerprint density at radius 3 is 2.71 bits per heavy atom. The van der Waals surface area contributed by atoms with Gasteiger partial charge in [0.25, 0.3) is 5.91 Å². The molecule has 2 aliphatic heterocycles. The standard InChI is InChI=1S/C25H32N4O4S/c26-34(31,32)17-8-9-23-20(15-17)21(25(30)28-23)16-24-19(6-4-10-29-11-13-33-14-12-29)18-5-2-1-3-7-22(18)27-24/h8-9,15-16,27H,1-7,10-14H2,(H,28,30)(H2,26,31,32)/b21-16-. The summed E-state index contributed by atoms with van der Waals surface area (Å²) in [4.78, 5) is 18.9. The summed E-state index contributed by atoms with van der Waals surface area (Å²) in [6.45, 7) is 4.58. The van der Waals surface area contributed by atoms with E-state index in [9.17, 15) is 13.2 Å². The van der Waals surface area contributed by atoms with Crippen LogP contribution >= 0.6 is 0 Å². The summed E-state index contributed by atoms with van der Waals surface area (Å²) < 4.78 is 29.2. The first-order valence-electron chi connectivity index (χ1n) is 12.1. The molecule has 5 rings (SSSR count). The van der Waals surface area contributed by atoms with Gasteiger partial charge in [-0.15, -0.1) is 0 Å². The highest BCUT2D eigenvalue weighted by atomic mass is 32.2. The average Bonchev–Trinajstić information content (AvgIpc) is 3.19. The van der Waals surface area contributed by atoms with Crippen molar-refractivity contribution in [1.82, 2.24) is 9.88 Å². The number of ether oxygens (including phenoxy) is 1. The van der Waals surface area contributed by atoms with Gasteiger partial charge in [0.1, 0.15) is 0 Å². The van der Waals surface area contributed by atoms with E-state index in [2.05, 4.69) is 15.2 Å². The monoisotopic (exact) mass is 484 g/mol. The van der Waals surface area contributed by atoms with Gasteiger partial charge in [-0.05, 0) is 80.5 Å². The van der Waals surface area contributed by atoms with Gasteiger partial charge in [-0.2, -0.15) is 0 Å². The van der Waals surface area contributed by atoms with Crippen molar-refractivity contribution in [3.8, 4) is 0 Å². The van der Waals surface area contributed by atoms with Crippen molar-refractivity contribution in [3.05, 3.63) is 46.3 Å². The fourth-order valence-corrected chi connectivity index (χ4v) is 5.84. The highest BCUT2D eigenvalue weighted by molar-refractivity contribution is 7.89. The van der Waals surface area contributed by atoms with Crippen LogP contribution in [0.4, 0.5) is 5.69 Å². The third-order valence-electron chi connectivity index (χ3n) is 7.09. The van der Waals surface area contributed by atoms with E-state index in [1.165, 1.54) is 41.8 Å². The second kappa shape index (κ2) is 9.65. The van der Waals surface area contributed by atoms with E-state index in [1.807, 2.05) is 6.08 Å². The number of primary sulfonamides is 1. The Morgan fingerprint density at radius 2 is 1.91 bits per heavy atom. The lowest BCUT2D eigenvalue weighted by Gasteiger charge is -2.26. The molecule has 2 aromatic rings. The van der Waals surface area contributed by atoms with Gasteiger partial charge in [-0.1, -0.05) is 6.42 Å². The van der Waals surface area contributed by atoms with E-state index in [1.54, 1.807) is 6.07 Å². The number of anilines is 1. The van der Waals surface area contributed by atoms with Crippen LogP contribution in [0.3, 0.4) is 0 Å². The number of morpholine rings is 1. The molecule has 4 N–H and O–H groups in total. The zero-order valence-corrected chi connectivity index (χ0v) is 20.2. The number of benzene rings is 1. The number of hydrogen-bond donors (Lipinski definition) is 3. The number of amides is 1. The number of hydrogen-bond acceptors (Lipinski definition) is 5. The van der Waals surface area contributed by atoms with E-state index in [4.69, 9.17) is 9.88 Å². The molecule has 1 aromatic carbocycles. The number of nitrogens with one attached hydrogen (secondary N) is 2. The van der Waals surface area contributed by atoms with Crippen LogP contribution in [0.25, 0.3) is 11.6 Å². The largest absolute Gasteiger partial charge is 0.379 e. The predicted molar refractivity (Wildman–Crippen MR) is 132 cm³/mol. The molecule has 1 amide bonds. The third kappa shape index (κ3) is 4.84. The molecular weight excluding hydrogens is 452 g/mol. The Morgan fingerprint density at radius 1 is 1.12 bits per heavy atom. The second-order valence-corrected chi connectivity index (χ2v) is 10.9. The van der Waals surface area contributed by atoms with E-state index in [0.717, 1.165) is 70.6 Å². The maximum atomic E-state index is 12.8. The number of fused-ring (bicyclic) bond motifs is 2. The number of carbonyl (C=O) groups is 1. The Labute approximate surface area is 200 Å². The van der Waals surface area contributed by atoms with Crippen molar-refractivity contribution in [2.24, 2.45) is 5.14 Å². The van der Waals surface area contributed by atoms with Gasteiger partial charge >= 0.3 is 0 Å². The van der Waals surface area contributed by atoms with Crippen molar-refractivity contribution in [2.75, 3.05) is 38.2 Å². The van der Waals surface area contributed by atoms with Crippen molar-refractivity contribution in [1.29, 1.82) is 0 Å². The topological polar surface area (TPSA) is 118 Å². The first kappa shape index (κ1) is 23.3. The van der Waals surface area contributed by atoms with Crippen molar-refractivity contribution < 1.29 is 17.9 Å². The fourth-order valence-electron chi connectivity index (χ4n) is 5.30. The normalized spacial score (nSPS) is 20.1. The highest BCUT2D eigenvalue weighted by Gasteiger charge is 2.27. The molecule has 3 heterocycles. The van der Waals surface area contributed by atoms with Crippen LogP contribution in [-0.4, -0.2) is 57.1 Å². The van der Waals surface area contributed by atoms with Crippen LogP contribution in [-0.2, 0) is 38.8 Å². The zero-order valence-electron chi connectivity index (χ0n) is 19.4. The van der Waals surface area contributed by atoms with Crippen LogP contribution in [0, 0.1) is 0 Å². The van der Waals surface area contributed by atoms with Crippen molar-refractivity contribution in [2.45, 2.75) is 49.8 Å². The van der Waals surface area contributed by atoms with Crippen LogP contribution in [0.2, 0.25) is 0 Å². The summed E-state index contributed by atoms with van der Waals surface area (Å²) in [5, 5.41) is 8.18. The summed E-state index contributed by atoms with van der Waals surface area (Å²) in [5.41, 5.74) is 6.58. The first-order valence-corrected chi connectivity index (χ1v) is 13.7. The van der Waals surface area contributed by atoms with Gasteiger partial charge in [0.05, 0.1) is 23.7 Å². The number of rotatable bonds is 6. The van der Waals surface area contributed by atoms with Gasteiger partial charge < -0.3 is 15.0 Å². The second-order valence-electron chi connectivity index (χ2n) is 9.36. The maximum absolute atomic E-state index is 12.8. The molecule has 8 nitrogen and oxygen atoms in total. The Balaban J connectivity index is 1.48. The zero-order chi connectivity index (χ0) is 23.7. The number of aromatic nitrogens is 1. The van der Waals surface area contributed by atoms with E-state index in [0.29, 0.717) is 16.8 Å². The average molecular weight is 485 g/mol. The molecule has 1 aliphatic carbocycles. The summed E-state index contributed by atoms with van der Waals surface area (Å²) in [5.74, 6) is -0.231. The number of aromatic amines is 1. The molecule has 3 aliphatic rings. The van der Waals surface area contributed by atoms with Crippen LogP contribution in [0.5, 0.6) is 0 Å². The molecule has 0 unspecified atom stereocenters. The van der Waals surface area contributed by atoms with Crippen LogP contribution in [0.1, 0.15) is 53.8 Å². The lowest BCUT2D eigenvalue weighted by atomic mass is 9.98. The number of aryl methyl sites for hydroxylation is 1. The minimum absolute atomic E-state index is 0.00153. The molecule has 0 atom stereocenters. The molecule has 0 bridgehead atoms. The van der Waals surface area contributed by atoms with Gasteiger partial charge in [0, 0.05) is 35.7 Å². The molecule has 1 fully saturated rings. The molecule has 182 valence electrons. The first-order chi connectivity index (χ1) is 16.4. The molecule has 9 heteroatoms. The molecule has 1 saturated heterocycles. The van der Waals surface area contributed by atoms with E-state index < -0.39 is 10.0 Å². The number of nitrogens with zero attached hydrogens (tertiary/aromatic N) is 1. The minimum Gasteiger partial charge on any atom is -0.379 e. The van der Waals surface area contributed by atoms with Gasteiger partial charge in [-0.25, -0.2) is 13.6 Å². The van der Waals surface area contributed by atoms with E-state index in [-0.39, 0.29) is 10.8 Å². The predicted octanol–water partition coefficient (Wildman–Crippen LogP) is 2.69. The molecule has 0 spiro atoms. The number of carbonyl (C=O) groups excluding carboxylic acids is 1. The molecule has 34 heavy (non-hydrogen) atoms. The molecular formula is C25H32N4O4S. The Hall–Kier alpha value is -2.46. The summed E-state index contributed by atoms with van der Waals surface area (Å²) in [6, 6.07) is 4.51. The highest BCUT2D eigenvalue weighted by Crippen LogP contribution is 2.36. The lowest BCUT2D eigenvalue weighted by molar-refractivity contribution is -0.110. The maximum Gasteiger partial charge on any atom is 0.256 e. The third-order valence-corrected chi connectivity index (χ3v) is 8.00. The minimum atomic E-state index is -3.86. The summed E-state index contributed by atoms with van der Waals surface area (Å²) in [7, 11) is -3.86. The molecule has 1 aromatic heterocycles. The summed E-state index contributed by atoms with van der Waals surface area (Å²) >= 11 is 0. The Bertz CT molecular complexity index is 1230. The van der Waals surface area contributed by atoms with E-state index >= 15 is 0 Å². The smallest absolute Gasteiger partial charge is 0.256 e. The fraction of sp³-hybridized carbons (Fsp3) is 0.480. The Kier molecular flexibility index (Phi) is 6.61.